The summed E-state index contributed by atoms with van der Waals surface area (Å²) in [4.78, 5) is 31.2. The zero-order chi connectivity index (χ0) is 25.2. The average Bonchev–Trinajstić information content (AvgIpc) is 3.17. The molecule has 8 heteroatoms. The first-order chi connectivity index (χ1) is 17.4. The van der Waals surface area contributed by atoms with Crippen molar-refractivity contribution in [3.63, 3.8) is 0 Å². The molecule has 3 aromatic carbocycles. The zero-order valence-electron chi connectivity index (χ0n) is 20.2. The summed E-state index contributed by atoms with van der Waals surface area (Å²) >= 11 is 1.23. The summed E-state index contributed by atoms with van der Waals surface area (Å²) in [5.74, 6) is -0.107. The molecule has 0 saturated heterocycles. The van der Waals surface area contributed by atoms with Gasteiger partial charge in [0, 0.05) is 0 Å². The quantitative estimate of drug-likeness (QED) is 0.258. The first kappa shape index (κ1) is 23.6. The van der Waals surface area contributed by atoms with Gasteiger partial charge in [0.25, 0.3) is 5.56 Å². The Morgan fingerprint density at radius 2 is 1.61 bits per heavy atom. The number of thioether (sulfide) groups is 1. The van der Waals surface area contributed by atoms with E-state index in [1.54, 1.807) is 10.6 Å². The number of nitrogens with one attached hydrogen (secondary N) is 1. The van der Waals surface area contributed by atoms with E-state index < -0.39 is 0 Å². The standard InChI is InChI=1S/C28H25N5O2S/c1-18-11-7-10-16-24(18)32-27(35)22-14-8-9-15-23(22)29-28(32)36-17-25(34)30-26-19(2)31-33(20(26)3)21-12-5-4-6-13-21/h4-16H,17H2,1-3H3,(H,30,34). The van der Waals surface area contributed by atoms with Gasteiger partial charge in [0.2, 0.25) is 5.91 Å². The molecule has 2 heterocycles. The fourth-order valence-corrected chi connectivity index (χ4v) is 4.99. The van der Waals surface area contributed by atoms with Crippen LogP contribution in [0.3, 0.4) is 0 Å². The van der Waals surface area contributed by atoms with Gasteiger partial charge in [-0.3, -0.25) is 14.2 Å². The third kappa shape index (κ3) is 4.43. The number of benzene rings is 3. The van der Waals surface area contributed by atoms with Crippen LogP contribution in [-0.4, -0.2) is 31.0 Å². The predicted octanol–water partition coefficient (Wildman–Crippen LogP) is 5.23. The summed E-state index contributed by atoms with van der Waals surface area (Å²) in [7, 11) is 0. The highest BCUT2D eigenvalue weighted by atomic mass is 32.2. The number of carbonyl (C=O) groups excluding carboxylic acids is 1. The molecule has 5 rings (SSSR count). The van der Waals surface area contributed by atoms with Crippen LogP contribution in [0.1, 0.15) is 17.0 Å². The minimum atomic E-state index is -0.197. The molecule has 0 atom stereocenters. The minimum Gasteiger partial charge on any atom is -0.322 e. The summed E-state index contributed by atoms with van der Waals surface area (Å²) in [5, 5.41) is 8.61. The first-order valence-electron chi connectivity index (χ1n) is 11.6. The van der Waals surface area contributed by atoms with Gasteiger partial charge in [-0.25, -0.2) is 9.67 Å². The lowest BCUT2D eigenvalue weighted by Crippen LogP contribution is -2.23. The number of fused-ring (bicyclic) bond motifs is 1. The monoisotopic (exact) mass is 495 g/mol. The van der Waals surface area contributed by atoms with Crippen molar-refractivity contribution in [2.45, 2.75) is 25.9 Å². The van der Waals surface area contributed by atoms with Gasteiger partial charge in [-0.05, 0) is 56.7 Å². The molecule has 0 unspecified atom stereocenters. The van der Waals surface area contributed by atoms with Crippen molar-refractivity contribution in [3.8, 4) is 11.4 Å². The van der Waals surface area contributed by atoms with Crippen LogP contribution in [-0.2, 0) is 4.79 Å². The van der Waals surface area contributed by atoms with E-state index in [0.29, 0.717) is 21.7 Å². The Kier molecular flexibility index (Phi) is 6.43. The predicted molar refractivity (Wildman–Crippen MR) is 144 cm³/mol. The summed E-state index contributed by atoms with van der Waals surface area (Å²) < 4.78 is 3.42. The number of hydrogen-bond acceptors (Lipinski definition) is 5. The summed E-state index contributed by atoms with van der Waals surface area (Å²) in [5.41, 5.74) is 5.33. The van der Waals surface area contributed by atoms with Crippen LogP contribution in [0.5, 0.6) is 0 Å². The Morgan fingerprint density at radius 3 is 2.39 bits per heavy atom. The Hall–Kier alpha value is -4.17. The molecule has 0 aliphatic heterocycles. The maximum atomic E-state index is 13.5. The summed E-state index contributed by atoms with van der Waals surface area (Å²) in [6.45, 7) is 5.75. The third-order valence-corrected chi connectivity index (χ3v) is 6.93. The van der Waals surface area contributed by atoms with Crippen LogP contribution in [0.15, 0.2) is 88.8 Å². The number of aryl methyl sites for hydroxylation is 2. The van der Waals surface area contributed by atoms with Crippen LogP contribution in [0.4, 0.5) is 5.69 Å². The summed E-state index contributed by atoms with van der Waals surface area (Å²) in [6, 6.07) is 24.7. The lowest BCUT2D eigenvalue weighted by atomic mass is 10.2. The van der Waals surface area contributed by atoms with Crippen molar-refractivity contribution in [1.29, 1.82) is 0 Å². The largest absolute Gasteiger partial charge is 0.322 e. The highest BCUT2D eigenvalue weighted by Crippen LogP contribution is 2.25. The van der Waals surface area contributed by atoms with Crippen LogP contribution >= 0.6 is 11.8 Å². The molecule has 7 nitrogen and oxygen atoms in total. The number of anilines is 1. The van der Waals surface area contributed by atoms with Crippen LogP contribution < -0.4 is 10.9 Å². The van der Waals surface area contributed by atoms with Crippen LogP contribution in [0.25, 0.3) is 22.3 Å². The number of carbonyl (C=O) groups is 1. The first-order valence-corrected chi connectivity index (χ1v) is 12.5. The van der Waals surface area contributed by atoms with Crippen molar-refractivity contribution in [2.75, 3.05) is 11.1 Å². The molecule has 1 N–H and O–H groups in total. The van der Waals surface area contributed by atoms with E-state index in [1.807, 2.05) is 98.2 Å². The second-order valence-corrected chi connectivity index (χ2v) is 9.41. The van der Waals surface area contributed by atoms with Crippen molar-refractivity contribution < 1.29 is 4.79 Å². The summed E-state index contributed by atoms with van der Waals surface area (Å²) in [6.07, 6.45) is 0. The fraction of sp³-hybridized carbons (Fsp3) is 0.143. The van der Waals surface area contributed by atoms with E-state index in [9.17, 15) is 9.59 Å². The van der Waals surface area contributed by atoms with Crippen molar-refractivity contribution >= 4 is 34.3 Å². The van der Waals surface area contributed by atoms with E-state index in [2.05, 4.69) is 10.4 Å². The zero-order valence-corrected chi connectivity index (χ0v) is 21.0. The van der Waals surface area contributed by atoms with Crippen molar-refractivity contribution in [2.24, 2.45) is 0 Å². The molecule has 0 radical (unpaired) electrons. The molecular formula is C28H25N5O2S. The molecule has 2 aromatic heterocycles. The smallest absolute Gasteiger partial charge is 0.266 e. The molecule has 0 fully saturated rings. The lowest BCUT2D eigenvalue weighted by molar-refractivity contribution is -0.113. The Bertz CT molecular complexity index is 1640. The molecule has 0 bridgehead atoms. The van der Waals surface area contributed by atoms with Crippen molar-refractivity contribution in [3.05, 3.63) is 106 Å². The number of hydrogen-bond donors (Lipinski definition) is 1. The molecular weight excluding hydrogens is 470 g/mol. The molecule has 180 valence electrons. The highest BCUT2D eigenvalue weighted by Gasteiger charge is 2.18. The van der Waals surface area contributed by atoms with E-state index in [-0.39, 0.29) is 17.2 Å². The van der Waals surface area contributed by atoms with Gasteiger partial charge < -0.3 is 5.32 Å². The van der Waals surface area contributed by atoms with Gasteiger partial charge in [-0.2, -0.15) is 5.10 Å². The van der Waals surface area contributed by atoms with E-state index in [4.69, 9.17) is 4.98 Å². The van der Waals surface area contributed by atoms with Gasteiger partial charge in [-0.15, -0.1) is 0 Å². The van der Waals surface area contributed by atoms with E-state index in [0.717, 1.165) is 28.3 Å². The molecule has 5 aromatic rings. The normalized spacial score (nSPS) is 11.1. The van der Waals surface area contributed by atoms with E-state index in [1.165, 1.54) is 11.8 Å². The number of rotatable bonds is 6. The van der Waals surface area contributed by atoms with Gasteiger partial charge in [-0.1, -0.05) is 60.3 Å². The van der Waals surface area contributed by atoms with Crippen molar-refractivity contribution in [1.82, 2.24) is 19.3 Å². The SMILES string of the molecule is Cc1ccccc1-n1c(SCC(=O)Nc2c(C)nn(-c3ccccc3)c2C)nc2ccccc2c1=O. The molecule has 1 amide bonds. The maximum Gasteiger partial charge on any atom is 0.266 e. The Morgan fingerprint density at radius 1 is 0.917 bits per heavy atom. The number of nitrogens with zero attached hydrogens (tertiary/aromatic N) is 4. The third-order valence-electron chi connectivity index (χ3n) is 5.99. The van der Waals surface area contributed by atoms with Gasteiger partial charge in [0.05, 0.1) is 45.1 Å². The van der Waals surface area contributed by atoms with Gasteiger partial charge in [0.1, 0.15) is 0 Å². The van der Waals surface area contributed by atoms with Crippen LogP contribution in [0, 0.1) is 20.8 Å². The maximum absolute atomic E-state index is 13.5. The highest BCUT2D eigenvalue weighted by molar-refractivity contribution is 7.99. The van der Waals surface area contributed by atoms with E-state index >= 15 is 0 Å². The second kappa shape index (κ2) is 9.83. The van der Waals surface area contributed by atoms with Gasteiger partial charge in [0.15, 0.2) is 5.16 Å². The molecule has 0 spiro atoms. The van der Waals surface area contributed by atoms with Crippen LogP contribution in [0.2, 0.25) is 0 Å². The number of amides is 1. The lowest BCUT2D eigenvalue weighted by Gasteiger charge is -2.15. The average molecular weight is 496 g/mol. The minimum absolute atomic E-state index is 0.0893. The topological polar surface area (TPSA) is 81.8 Å². The number of aromatic nitrogens is 4. The molecule has 0 saturated carbocycles. The Balaban J connectivity index is 1.44. The fourth-order valence-electron chi connectivity index (χ4n) is 4.19. The molecule has 0 aliphatic carbocycles. The molecule has 36 heavy (non-hydrogen) atoms. The second-order valence-electron chi connectivity index (χ2n) is 8.47. The number of para-hydroxylation sites is 3. The van der Waals surface area contributed by atoms with Gasteiger partial charge >= 0.3 is 0 Å². The Labute approximate surface area is 212 Å². The molecule has 0 aliphatic rings.